The summed E-state index contributed by atoms with van der Waals surface area (Å²) in [7, 11) is 1.76. The molecular formula is C25H35FIN5O. The Bertz CT molecular complexity index is 878. The predicted molar refractivity (Wildman–Crippen MR) is 142 cm³/mol. The van der Waals surface area contributed by atoms with E-state index >= 15 is 0 Å². The molecule has 1 saturated heterocycles. The molecule has 1 aliphatic rings. The number of carbonyl (C=O) groups excluding carboxylic acids is 1. The zero-order valence-electron chi connectivity index (χ0n) is 19.4. The number of nitrogens with zero attached hydrogens (tertiary/aromatic N) is 2. The van der Waals surface area contributed by atoms with Gasteiger partial charge in [-0.3, -0.25) is 14.7 Å². The maximum Gasteiger partial charge on any atom is 0.224 e. The van der Waals surface area contributed by atoms with E-state index < -0.39 is 0 Å². The molecule has 2 atom stereocenters. The lowest BCUT2D eigenvalue weighted by molar-refractivity contribution is -0.120. The normalized spacial score (nSPS) is 18.8. The Labute approximate surface area is 213 Å². The van der Waals surface area contributed by atoms with Crippen LogP contribution in [0.2, 0.25) is 0 Å². The molecule has 0 bridgehead atoms. The number of amides is 1. The van der Waals surface area contributed by atoms with E-state index in [-0.39, 0.29) is 42.1 Å². The van der Waals surface area contributed by atoms with Crippen molar-refractivity contribution in [3.8, 4) is 0 Å². The number of carbonyl (C=O) groups is 1. The standard InChI is InChI=1S/C25H34FN5O.HI/c1-19-16-23(12-15-31(19)18-21-6-4-3-5-7-21)30-25(27-2)29-14-13-28-24(32)17-20-8-10-22(26)11-9-20;/h3-11,19,23H,12-18H2,1-2H3,(H,28,32)(H2,27,29,30);1H. The predicted octanol–water partition coefficient (Wildman–Crippen LogP) is 3.32. The third-order valence-corrected chi connectivity index (χ3v) is 5.82. The Balaban J connectivity index is 0.00000385. The van der Waals surface area contributed by atoms with Crippen molar-refractivity contribution in [3.63, 3.8) is 0 Å². The van der Waals surface area contributed by atoms with Crippen LogP contribution >= 0.6 is 24.0 Å². The molecule has 8 heteroatoms. The summed E-state index contributed by atoms with van der Waals surface area (Å²) in [4.78, 5) is 18.9. The molecule has 0 aromatic heterocycles. The molecule has 0 saturated carbocycles. The summed E-state index contributed by atoms with van der Waals surface area (Å²) in [6.07, 6.45) is 2.36. The van der Waals surface area contributed by atoms with Gasteiger partial charge in [-0.2, -0.15) is 0 Å². The van der Waals surface area contributed by atoms with Gasteiger partial charge >= 0.3 is 0 Å². The molecule has 0 radical (unpaired) electrons. The second-order valence-electron chi connectivity index (χ2n) is 8.32. The molecule has 2 unspecified atom stereocenters. The lowest BCUT2D eigenvalue weighted by Gasteiger charge is -2.38. The fourth-order valence-corrected chi connectivity index (χ4v) is 4.03. The van der Waals surface area contributed by atoms with Crippen molar-refractivity contribution >= 4 is 35.8 Å². The van der Waals surface area contributed by atoms with E-state index in [1.807, 2.05) is 0 Å². The fraction of sp³-hybridized carbons (Fsp3) is 0.440. The second kappa shape index (κ2) is 14.1. The zero-order valence-corrected chi connectivity index (χ0v) is 21.7. The van der Waals surface area contributed by atoms with Gasteiger partial charge in [0.05, 0.1) is 6.42 Å². The largest absolute Gasteiger partial charge is 0.355 e. The molecule has 1 fully saturated rings. The summed E-state index contributed by atoms with van der Waals surface area (Å²) in [5.74, 6) is 0.376. The van der Waals surface area contributed by atoms with Gasteiger partial charge < -0.3 is 16.0 Å². The summed E-state index contributed by atoms with van der Waals surface area (Å²) in [5, 5.41) is 9.67. The van der Waals surface area contributed by atoms with E-state index in [0.717, 1.165) is 37.5 Å². The molecule has 3 N–H and O–H groups in total. The average Bonchev–Trinajstić information content (AvgIpc) is 2.80. The van der Waals surface area contributed by atoms with Crippen LogP contribution < -0.4 is 16.0 Å². The van der Waals surface area contributed by atoms with Gasteiger partial charge in [-0.25, -0.2) is 4.39 Å². The minimum atomic E-state index is -0.298. The summed E-state index contributed by atoms with van der Waals surface area (Å²) in [6.45, 7) is 5.39. The average molecular weight is 567 g/mol. The van der Waals surface area contributed by atoms with Crippen LogP contribution in [0.15, 0.2) is 59.6 Å². The quantitative estimate of drug-likeness (QED) is 0.198. The van der Waals surface area contributed by atoms with Crippen LogP contribution in [0.25, 0.3) is 0 Å². The highest BCUT2D eigenvalue weighted by Gasteiger charge is 2.25. The van der Waals surface area contributed by atoms with Crippen LogP contribution in [-0.2, 0) is 17.8 Å². The van der Waals surface area contributed by atoms with Crippen molar-refractivity contribution in [3.05, 3.63) is 71.5 Å². The Morgan fingerprint density at radius 3 is 2.42 bits per heavy atom. The van der Waals surface area contributed by atoms with Gasteiger partial charge in [-0.1, -0.05) is 42.5 Å². The number of rotatable bonds is 8. The van der Waals surface area contributed by atoms with Crippen LogP contribution in [0.5, 0.6) is 0 Å². The lowest BCUT2D eigenvalue weighted by Crippen LogP contribution is -2.52. The lowest BCUT2D eigenvalue weighted by atomic mass is 9.97. The van der Waals surface area contributed by atoms with Crippen molar-refractivity contribution in [1.29, 1.82) is 0 Å². The fourth-order valence-electron chi connectivity index (χ4n) is 4.03. The minimum Gasteiger partial charge on any atom is -0.355 e. The van der Waals surface area contributed by atoms with E-state index in [0.29, 0.717) is 25.2 Å². The molecule has 180 valence electrons. The third kappa shape index (κ3) is 9.29. The number of piperidine rings is 1. The van der Waals surface area contributed by atoms with E-state index in [9.17, 15) is 9.18 Å². The SMILES string of the molecule is CN=C(NCCNC(=O)Cc1ccc(F)cc1)NC1CCN(Cc2ccccc2)C(C)C1.I. The van der Waals surface area contributed by atoms with E-state index in [1.165, 1.54) is 17.7 Å². The highest BCUT2D eigenvalue weighted by Crippen LogP contribution is 2.19. The van der Waals surface area contributed by atoms with E-state index in [2.05, 4.69) is 63.1 Å². The van der Waals surface area contributed by atoms with Crippen molar-refractivity contribution in [2.45, 2.75) is 44.8 Å². The topological polar surface area (TPSA) is 68.8 Å². The van der Waals surface area contributed by atoms with Gasteiger partial charge in [0.1, 0.15) is 5.82 Å². The zero-order chi connectivity index (χ0) is 22.8. The van der Waals surface area contributed by atoms with Crippen LogP contribution in [-0.4, -0.2) is 55.5 Å². The summed E-state index contributed by atoms with van der Waals surface area (Å²) >= 11 is 0. The number of benzene rings is 2. The first-order chi connectivity index (χ1) is 15.5. The molecule has 6 nitrogen and oxygen atoms in total. The molecule has 2 aromatic carbocycles. The van der Waals surface area contributed by atoms with E-state index in [1.54, 1.807) is 19.2 Å². The number of halogens is 2. The maximum atomic E-state index is 13.0. The molecule has 1 heterocycles. The molecule has 3 rings (SSSR count). The Morgan fingerprint density at radius 1 is 1.06 bits per heavy atom. The Hall–Kier alpha value is -2.20. The van der Waals surface area contributed by atoms with Gasteiger partial charge in [0.15, 0.2) is 5.96 Å². The highest BCUT2D eigenvalue weighted by atomic mass is 127. The first-order valence-corrected chi connectivity index (χ1v) is 11.3. The number of likely N-dealkylation sites (tertiary alicyclic amines) is 1. The Morgan fingerprint density at radius 2 is 1.76 bits per heavy atom. The first-order valence-electron chi connectivity index (χ1n) is 11.3. The maximum absolute atomic E-state index is 13.0. The van der Waals surface area contributed by atoms with Crippen LogP contribution in [0.3, 0.4) is 0 Å². The minimum absolute atomic E-state index is 0. The molecule has 1 amide bonds. The first kappa shape index (κ1) is 27.0. The number of guanidine groups is 1. The van der Waals surface area contributed by atoms with Crippen molar-refractivity contribution in [2.75, 3.05) is 26.7 Å². The van der Waals surface area contributed by atoms with Crippen molar-refractivity contribution in [2.24, 2.45) is 4.99 Å². The van der Waals surface area contributed by atoms with Gasteiger partial charge in [-0.15, -0.1) is 24.0 Å². The van der Waals surface area contributed by atoms with Gasteiger partial charge in [-0.05, 0) is 43.0 Å². The van der Waals surface area contributed by atoms with Crippen molar-refractivity contribution < 1.29 is 9.18 Å². The smallest absolute Gasteiger partial charge is 0.224 e. The molecular weight excluding hydrogens is 532 g/mol. The van der Waals surface area contributed by atoms with Crippen molar-refractivity contribution in [1.82, 2.24) is 20.9 Å². The highest BCUT2D eigenvalue weighted by molar-refractivity contribution is 14.0. The van der Waals surface area contributed by atoms with Crippen LogP contribution in [0.1, 0.15) is 30.9 Å². The Kier molecular flexibility index (Phi) is 11.6. The number of hydrogen-bond donors (Lipinski definition) is 3. The van der Waals surface area contributed by atoms with Gasteiger partial charge in [0.25, 0.3) is 0 Å². The second-order valence-corrected chi connectivity index (χ2v) is 8.32. The number of nitrogens with one attached hydrogen (secondary N) is 3. The van der Waals surface area contributed by atoms with Gasteiger partial charge in [0, 0.05) is 45.3 Å². The van der Waals surface area contributed by atoms with Crippen LogP contribution in [0.4, 0.5) is 4.39 Å². The number of aliphatic imine (C=N–C) groups is 1. The molecule has 1 aliphatic heterocycles. The molecule has 2 aromatic rings. The summed E-state index contributed by atoms with van der Waals surface area (Å²) in [5.41, 5.74) is 2.15. The van der Waals surface area contributed by atoms with Gasteiger partial charge in [0.2, 0.25) is 5.91 Å². The summed E-state index contributed by atoms with van der Waals surface area (Å²) in [6, 6.07) is 17.5. The molecule has 0 spiro atoms. The summed E-state index contributed by atoms with van der Waals surface area (Å²) < 4.78 is 13.0. The van der Waals surface area contributed by atoms with E-state index in [4.69, 9.17) is 0 Å². The molecule has 0 aliphatic carbocycles. The molecule has 33 heavy (non-hydrogen) atoms. The third-order valence-electron chi connectivity index (χ3n) is 5.82. The monoisotopic (exact) mass is 567 g/mol. The number of hydrogen-bond acceptors (Lipinski definition) is 3. The van der Waals surface area contributed by atoms with Crippen LogP contribution in [0, 0.1) is 5.82 Å².